The molecule has 9 heteroatoms. The van der Waals surface area contributed by atoms with Gasteiger partial charge in [-0.3, -0.25) is 14.9 Å². The minimum Gasteiger partial charge on any atom is -0.465 e. The first-order valence-electron chi connectivity index (χ1n) is 9.56. The van der Waals surface area contributed by atoms with Gasteiger partial charge in [-0.2, -0.15) is 0 Å². The number of nitro groups is 1. The molecule has 1 N–H and O–H groups in total. The van der Waals surface area contributed by atoms with Gasteiger partial charge in [0.25, 0.3) is 11.6 Å². The van der Waals surface area contributed by atoms with E-state index in [2.05, 4.69) is 10.1 Å². The van der Waals surface area contributed by atoms with E-state index in [9.17, 15) is 19.7 Å². The van der Waals surface area contributed by atoms with Gasteiger partial charge in [0.05, 0.1) is 42.1 Å². The van der Waals surface area contributed by atoms with Gasteiger partial charge < -0.3 is 19.7 Å². The summed E-state index contributed by atoms with van der Waals surface area (Å²) in [6, 6.07) is 11.3. The monoisotopic (exact) mass is 413 g/mol. The number of carbonyl (C=O) groups is 2. The zero-order valence-corrected chi connectivity index (χ0v) is 16.6. The summed E-state index contributed by atoms with van der Waals surface area (Å²) in [6.45, 7) is 2.66. The molecule has 2 aromatic carbocycles. The van der Waals surface area contributed by atoms with Crippen LogP contribution < -0.4 is 10.2 Å². The maximum Gasteiger partial charge on any atom is 0.337 e. The number of nitrogens with zero attached hydrogens (tertiary/aromatic N) is 2. The summed E-state index contributed by atoms with van der Waals surface area (Å²) < 4.78 is 10.0. The summed E-state index contributed by atoms with van der Waals surface area (Å²) in [5.41, 5.74) is 2.19. The van der Waals surface area contributed by atoms with Crippen LogP contribution in [0, 0.1) is 10.1 Å². The van der Waals surface area contributed by atoms with Gasteiger partial charge in [0.15, 0.2) is 0 Å². The molecule has 30 heavy (non-hydrogen) atoms. The van der Waals surface area contributed by atoms with E-state index >= 15 is 0 Å². The molecular formula is C21H23N3O6. The van der Waals surface area contributed by atoms with E-state index in [1.807, 2.05) is 4.90 Å². The maximum absolute atomic E-state index is 12.8. The lowest BCUT2D eigenvalue weighted by atomic mass is 10.1. The summed E-state index contributed by atoms with van der Waals surface area (Å²) in [5, 5.41) is 14.0. The number of carbonyl (C=O) groups excluding carboxylic acids is 2. The molecule has 1 amide bonds. The molecular weight excluding hydrogens is 390 g/mol. The Morgan fingerprint density at radius 1 is 1.17 bits per heavy atom. The highest BCUT2D eigenvalue weighted by Crippen LogP contribution is 2.26. The number of methoxy groups -OCH3 is 1. The minimum atomic E-state index is -0.511. The standard InChI is InChI=1S/C21H23N3O6/c1-29-21(26)16-4-2-15(3-5-16)8-9-22-20(25)18-14-17(24(27)28)6-7-19(18)23-10-12-30-13-11-23/h2-7,14H,8-13H2,1H3,(H,22,25). The van der Waals surface area contributed by atoms with Crippen LogP contribution in [-0.4, -0.2) is 56.8 Å². The van der Waals surface area contributed by atoms with Crippen molar-refractivity contribution in [2.24, 2.45) is 0 Å². The summed E-state index contributed by atoms with van der Waals surface area (Å²) in [6.07, 6.45) is 0.551. The van der Waals surface area contributed by atoms with Crippen molar-refractivity contribution in [3.05, 3.63) is 69.3 Å². The summed E-state index contributed by atoms with van der Waals surface area (Å²) in [4.78, 5) is 36.9. The fourth-order valence-electron chi connectivity index (χ4n) is 3.24. The van der Waals surface area contributed by atoms with Crippen LogP contribution >= 0.6 is 0 Å². The number of rotatable bonds is 7. The van der Waals surface area contributed by atoms with E-state index in [4.69, 9.17) is 4.74 Å². The molecule has 9 nitrogen and oxygen atoms in total. The largest absolute Gasteiger partial charge is 0.465 e. The molecule has 1 aliphatic heterocycles. The average Bonchev–Trinajstić information content (AvgIpc) is 2.79. The van der Waals surface area contributed by atoms with Crippen LogP contribution in [0.15, 0.2) is 42.5 Å². The molecule has 0 aromatic heterocycles. The first kappa shape index (κ1) is 21.3. The molecule has 2 aromatic rings. The minimum absolute atomic E-state index is 0.129. The Kier molecular flexibility index (Phi) is 6.97. The number of morpholine rings is 1. The third-order valence-electron chi connectivity index (χ3n) is 4.86. The first-order chi connectivity index (χ1) is 14.5. The average molecular weight is 413 g/mol. The van der Waals surface area contributed by atoms with Crippen molar-refractivity contribution in [1.82, 2.24) is 5.32 Å². The van der Waals surface area contributed by atoms with Crippen LogP contribution in [0.5, 0.6) is 0 Å². The molecule has 158 valence electrons. The van der Waals surface area contributed by atoms with E-state index in [0.717, 1.165) is 5.56 Å². The van der Waals surface area contributed by atoms with Crippen molar-refractivity contribution < 1.29 is 24.0 Å². The number of nitrogens with one attached hydrogen (secondary N) is 1. The fourth-order valence-corrected chi connectivity index (χ4v) is 3.24. The van der Waals surface area contributed by atoms with E-state index in [1.165, 1.54) is 19.2 Å². The topological polar surface area (TPSA) is 111 Å². The smallest absolute Gasteiger partial charge is 0.337 e. The Bertz CT molecular complexity index is 923. The summed E-state index contributed by atoms with van der Waals surface area (Å²) >= 11 is 0. The van der Waals surface area contributed by atoms with Gasteiger partial charge in [-0.25, -0.2) is 4.79 Å². The number of ether oxygens (including phenoxy) is 2. The van der Waals surface area contributed by atoms with Crippen molar-refractivity contribution in [3.8, 4) is 0 Å². The number of amides is 1. The molecule has 0 unspecified atom stereocenters. The number of nitro benzene ring substituents is 1. The van der Waals surface area contributed by atoms with Crippen LogP contribution in [0.1, 0.15) is 26.3 Å². The molecule has 0 saturated carbocycles. The molecule has 0 aliphatic carbocycles. The van der Waals surface area contributed by atoms with Gasteiger partial charge in [-0.1, -0.05) is 12.1 Å². The second-order valence-corrected chi connectivity index (χ2v) is 6.75. The lowest BCUT2D eigenvalue weighted by molar-refractivity contribution is -0.384. The van der Waals surface area contributed by atoms with Crippen molar-refractivity contribution in [2.45, 2.75) is 6.42 Å². The number of hydrogen-bond donors (Lipinski definition) is 1. The number of hydrogen-bond acceptors (Lipinski definition) is 7. The van der Waals surface area contributed by atoms with Gasteiger partial charge >= 0.3 is 5.97 Å². The molecule has 3 rings (SSSR count). The molecule has 0 radical (unpaired) electrons. The third kappa shape index (κ3) is 5.12. The highest BCUT2D eigenvalue weighted by Gasteiger charge is 2.22. The van der Waals surface area contributed by atoms with E-state index < -0.39 is 10.9 Å². The first-order valence-corrected chi connectivity index (χ1v) is 9.56. The number of esters is 1. The predicted molar refractivity (Wildman–Crippen MR) is 110 cm³/mol. The SMILES string of the molecule is COC(=O)c1ccc(CCNC(=O)c2cc([N+](=O)[O-])ccc2N2CCOCC2)cc1. The van der Waals surface area contributed by atoms with Crippen LogP contribution in [0.3, 0.4) is 0 Å². The molecule has 0 spiro atoms. The Morgan fingerprint density at radius 2 is 1.87 bits per heavy atom. The fraction of sp³-hybridized carbons (Fsp3) is 0.333. The van der Waals surface area contributed by atoms with Crippen LogP contribution in [0.2, 0.25) is 0 Å². The Morgan fingerprint density at radius 3 is 2.50 bits per heavy atom. The number of anilines is 1. The van der Waals surface area contributed by atoms with Gasteiger partial charge in [-0.15, -0.1) is 0 Å². The Labute approximate surface area is 173 Å². The Hall–Kier alpha value is -3.46. The second-order valence-electron chi connectivity index (χ2n) is 6.75. The maximum atomic E-state index is 12.8. The lowest BCUT2D eigenvalue weighted by Gasteiger charge is -2.30. The Balaban J connectivity index is 1.68. The van der Waals surface area contributed by atoms with E-state index in [1.54, 1.807) is 30.3 Å². The molecule has 0 atom stereocenters. The third-order valence-corrected chi connectivity index (χ3v) is 4.86. The summed E-state index contributed by atoms with van der Waals surface area (Å²) in [7, 11) is 1.32. The van der Waals surface area contributed by atoms with Crippen molar-refractivity contribution in [1.29, 1.82) is 0 Å². The highest BCUT2D eigenvalue weighted by molar-refractivity contribution is 6.00. The summed E-state index contributed by atoms with van der Waals surface area (Å²) in [5.74, 6) is -0.775. The van der Waals surface area contributed by atoms with Crippen LogP contribution in [0.4, 0.5) is 11.4 Å². The highest BCUT2D eigenvalue weighted by atomic mass is 16.6. The quantitative estimate of drug-likeness (QED) is 0.421. The van der Waals surface area contributed by atoms with Gasteiger partial charge in [-0.05, 0) is 30.2 Å². The zero-order valence-electron chi connectivity index (χ0n) is 16.6. The molecule has 0 bridgehead atoms. The van der Waals surface area contributed by atoms with E-state index in [-0.39, 0.29) is 17.2 Å². The molecule has 1 aliphatic rings. The number of non-ortho nitro benzene ring substituents is 1. The second kappa shape index (κ2) is 9.84. The normalized spacial score (nSPS) is 13.6. The zero-order chi connectivity index (χ0) is 21.5. The van der Waals surface area contributed by atoms with E-state index in [0.29, 0.717) is 50.5 Å². The predicted octanol–water partition coefficient (Wildman–Crippen LogP) is 2.19. The van der Waals surface area contributed by atoms with Crippen molar-refractivity contribution >= 4 is 23.3 Å². The van der Waals surface area contributed by atoms with Crippen molar-refractivity contribution in [2.75, 3.05) is 44.9 Å². The van der Waals surface area contributed by atoms with Gasteiger partial charge in [0.2, 0.25) is 0 Å². The van der Waals surface area contributed by atoms with Crippen LogP contribution in [0.25, 0.3) is 0 Å². The number of benzene rings is 2. The molecule has 1 heterocycles. The van der Waals surface area contributed by atoms with Crippen LogP contribution in [-0.2, 0) is 15.9 Å². The van der Waals surface area contributed by atoms with Gasteiger partial charge in [0, 0.05) is 31.8 Å². The van der Waals surface area contributed by atoms with Gasteiger partial charge in [0.1, 0.15) is 0 Å². The molecule has 1 fully saturated rings. The van der Waals surface area contributed by atoms with Crippen molar-refractivity contribution in [3.63, 3.8) is 0 Å². The molecule has 1 saturated heterocycles. The lowest BCUT2D eigenvalue weighted by Crippen LogP contribution is -2.38.